The number of carbonyl (C=O) groups is 1. The van der Waals surface area contributed by atoms with E-state index in [1.165, 1.54) is 18.2 Å². The predicted octanol–water partition coefficient (Wildman–Crippen LogP) is 4.86. The number of benzene rings is 3. The van der Waals surface area contributed by atoms with Crippen molar-refractivity contribution in [3.05, 3.63) is 89.5 Å². The highest BCUT2D eigenvalue weighted by Crippen LogP contribution is 2.40. The summed E-state index contributed by atoms with van der Waals surface area (Å²) in [6.07, 6.45) is -0.470. The van der Waals surface area contributed by atoms with Crippen LogP contribution in [0.3, 0.4) is 0 Å². The molecule has 0 aliphatic carbocycles. The van der Waals surface area contributed by atoms with Gasteiger partial charge < -0.3 is 14.8 Å². The predicted molar refractivity (Wildman–Crippen MR) is 105 cm³/mol. The number of fused-ring (bicyclic) bond motifs is 1. The van der Waals surface area contributed by atoms with E-state index in [4.69, 9.17) is 9.47 Å². The molecule has 0 radical (unpaired) electrons. The fourth-order valence-corrected chi connectivity index (χ4v) is 3.37. The van der Waals surface area contributed by atoms with Gasteiger partial charge in [-0.2, -0.15) is 0 Å². The fourth-order valence-electron chi connectivity index (χ4n) is 3.37. The summed E-state index contributed by atoms with van der Waals surface area (Å²) in [6.45, 7) is 0.399. The first kappa shape index (κ1) is 18.9. The van der Waals surface area contributed by atoms with Crippen LogP contribution in [0.25, 0.3) is 11.1 Å². The first-order valence-electron chi connectivity index (χ1n) is 9.29. The second-order valence-corrected chi connectivity index (χ2v) is 6.77. The second-order valence-electron chi connectivity index (χ2n) is 6.77. The number of rotatable bonds is 5. The standard InChI is InChI=1S/C23H19F2NO3/c24-19-10-5-11-20(25)21(19)18-9-4-8-16-12-17(29-22(16)18)14-28-23(27)26-13-15-6-2-1-3-7-15/h1-11,17H,12-14H2,(H,26,27). The van der Waals surface area contributed by atoms with Crippen molar-refractivity contribution in [1.82, 2.24) is 5.32 Å². The van der Waals surface area contributed by atoms with Crippen molar-refractivity contribution in [3.63, 3.8) is 0 Å². The molecule has 3 aromatic rings. The van der Waals surface area contributed by atoms with E-state index in [-0.39, 0.29) is 12.2 Å². The van der Waals surface area contributed by atoms with Crippen LogP contribution in [0.1, 0.15) is 11.1 Å². The molecule has 29 heavy (non-hydrogen) atoms. The van der Waals surface area contributed by atoms with Crippen LogP contribution in [-0.4, -0.2) is 18.8 Å². The molecule has 1 amide bonds. The van der Waals surface area contributed by atoms with Crippen molar-refractivity contribution in [1.29, 1.82) is 0 Å². The van der Waals surface area contributed by atoms with Gasteiger partial charge in [0.25, 0.3) is 0 Å². The first-order chi connectivity index (χ1) is 14.1. The summed E-state index contributed by atoms with van der Waals surface area (Å²) in [7, 11) is 0. The van der Waals surface area contributed by atoms with Gasteiger partial charge in [-0.25, -0.2) is 13.6 Å². The van der Waals surface area contributed by atoms with Gasteiger partial charge in [0.1, 0.15) is 30.1 Å². The summed E-state index contributed by atoms with van der Waals surface area (Å²) in [4.78, 5) is 11.9. The van der Waals surface area contributed by atoms with Gasteiger partial charge in [-0.05, 0) is 23.3 Å². The summed E-state index contributed by atoms with van der Waals surface area (Å²) in [5, 5.41) is 2.68. The molecule has 0 saturated heterocycles. The van der Waals surface area contributed by atoms with Gasteiger partial charge in [0.2, 0.25) is 0 Å². The van der Waals surface area contributed by atoms with Crippen molar-refractivity contribution < 1.29 is 23.0 Å². The number of amides is 1. The number of para-hydroxylation sites is 1. The maximum absolute atomic E-state index is 14.2. The zero-order chi connectivity index (χ0) is 20.2. The van der Waals surface area contributed by atoms with Crippen LogP contribution in [0.15, 0.2) is 66.7 Å². The lowest BCUT2D eigenvalue weighted by Gasteiger charge is -2.14. The Morgan fingerprint density at radius 3 is 2.48 bits per heavy atom. The van der Waals surface area contributed by atoms with Crippen LogP contribution >= 0.6 is 0 Å². The molecule has 0 aromatic heterocycles. The van der Waals surface area contributed by atoms with E-state index in [9.17, 15) is 13.6 Å². The normalized spacial score (nSPS) is 14.8. The summed E-state index contributed by atoms with van der Waals surface area (Å²) < 4.78 is 39.5. The van der Waals surface area contributed by atoms with E-state index in [2.05, 4.69) is 5.32 Å². The monoisotopic (exact) mass is 395 g/mol. The second kappa shape index (κ2) is 8.31. The Balaban J connectivity index is 1.39. The topological polar surface area (TPSA) is 47.6 Å². The molecule has 3 aromatic carbocycles. The fraction of sp³-hybridized carbons (Fsp3) is 0.174. The Morgan fingerprint density at radius 2 is 1.72 bits per heavy atom. The van der Waals surface area contributed by atoms with Gasteiger partial charge in [-0.1, -0.05) is 54.6 Å². The van der Waals surface area contributed by atoms with E-state index >= 15 is 0 Å². The number of ether oxygens (including phenoxy) is 2. The Hall–Kier alpha value is -3.41. The van der Waals surface area contributed by atoms with Gasteiger partial charge in [0.05, 0.1) is 5.56 Å². The highest BCUT2D eigenvalue weighted by Gasteiger charge is 2.28. The third-order valence-corrected chi connectivity index (χ3v) is 4.74. The quantitative estimate of drug-likeness (QED) is 0.671. The maximum atomic E-state index is 14.2. The minimum atomic E-state index is -0.651. The van der Waals surface area contributed by atoms with Crippen LogP contribution < -0.4 is 10.1 Å². The molecule has 4 nitrogen and oxygen atoms in total. The molecule has 1 atom stereocenters. The molecule has 0 spiro atoms. The van der Waals surface area contributed by atoms with Gasteiger partial charge in [-0.15, -0.1) is 0 Å². The highest BCUT2D eigenvalue weighted by molar-refractivity contribution is 5.74. The first-order valence-corrected chi connectivity index (χ1v) is 9.29. The Kier molecular flexibility index (Phi) is 5.42. The highest BCUT2D eigenvalue weighted by atomic mass is 19.1. The summed E-state index contributed by atoms with van der Waals surface area (Å²) in [5.74, 6) is -0.876. The average Bonchev–Trinajstić information content (AvgIpc) is 3.15. The number of hydrogen-bond donors (Lipinski definition) is 1. The SMILES string of the molecule is O=C(NCc1ccccc1)OCC1Cc2cccc(-c3c(F)cccc3F)c2O1. The molecule has 1 N–H and O–H groups in total. The molecular weight excluding hydrogens is 376 g/mol. The van der Waals surface area contributed by atoms with E-state index in [0.29, 0.717) is 24.3 Å². The molecule has 1 aliphatic rings. The minimum Gasteiger partial charge on any atom is -0.486 e. The van der Waals surface area contributed by atoms with E-state index < -0.39 is 23.8 Å². The van der Waals surface area contributed by atoms with Gasteiger partial charge >= 0.3 is 6.09 Å². The summed E-state index contributed by atoms with van der Waals surface area (Å²) >= 11 is 0. The molecule has 0 bridgehead atoms. The smallest absolute Gasteiger partial charge is 0.407 e. The van der Waals surface area contributed by atoms with Crippen LogP contribution in [0, 0.1) is 11.6 Å². The van der Waals surface area contributed by atoms with E-state index in [0.717, 1.165) is 11.1 Å². The molecule has 4 rings (SSSR count). The van der Waals surface area contributed by atoms with Crippen LogP contribution in [-0.2, 0) is 17.7 Å². The third-order valence-electron chi connectivity index (χ3n) is 4.74. The lowest BCUT2D eigenvalue weighted by molar-refractivity contribution is 0.0924. The van der Waals surface area contributed by atoms with Crippen LogP contribution in [0.2, 0.25) is 0 Å². The molecule has 1 aliphatic heterocycles. The zero-order valence-corrected chi connectivity index (χ0v) is 15.5. The Labute approximate surface area is 167 Å². The van der Waals surface area contributed by atoms with E-state index in [1.54, 1.807) is 12.1 Å². The Morgan fingerprint density at radius 1 is 1.00 bits per heavy atom. The van der Waals surface area contributed by atoms with Gasteiger partial charge in [-0.3, -0.25) is 0 Å². The maximum Gasteiger partial charge on any atom is 0.407 e. The molecule has 0 fully saturated rings. The van der Waals surface area contributed by atoms with Gasteiger partial charge in [0, 0.05) is 18.5 Å². The number of carbonyl (C=O) groups excluding carboxylic acids is 1. The van der Waals surface area contributed by atoms with Crippen molar-refractivity contribution in [3.8, 4) is 16.9 Å². The lowest BCUT2D eigenvalue weighted by Crippen LogP contribution is -2.29. The molecule has 0 saturated carbocycles. The largest absolute Gasteiger partial charge is 0.486 e. The van der Waals surface area contributed by atoms with Crippen molar-refractivity contribution in [2.45, 2.75) is 19.1 Å². The lowest BCUT2D eigenvalue weighted by atomic mass is 10.00. The van der Waals surface area contributed by atoms with E-state index in [1.807, 2.05) is 36.4 Å². The number of hydrogen-bond acceptors (Lipinski definition) is 3. The molecule has 1 unspecified atom stereocenters. The van der Waals surface area contributed by atoms with Crippen LogP contribution in [0.4, 0.5) is 13.6 Å². The molecular formula is C23H19F2NO3. The summed E-state index contributed by atoms with van der Waals surface area (Å²) in [6, 6.07) is 18.4. The van der Waals surface area contributed by atoms with Crippen LogP contribution in [0.5, 0.6) is 5.75 Å². The van der Waals surface area contributed by atoms with Crippen molar-refractivity contribution in [2.24, 2.45) is 0 Å². The number of alkyl carbamates (subject to hydrolysis) is 1. The average molecular weight is 395 g/mol. The third kappa shape index (κ3) is 4.21. The summed E-state index contributed by atoms with van der Waals surface area (Å²) in [5.41, 5.74) is 2.02. The minimum absolute atomic E-state index is 0.0362. The van der Waals surface area contributed by atoms with Gasteiger partial charge in [0.15, 0.2) is 0 Å². The molecule has 1 heterocycles. The zero-order valence-electron chi connectivity index (χ0n) is 15.5. The van der Waals surface area contributed by atoms with Crippen molar-refractivity contribution >= 4 is 6.09 Å². The Bertz CT molecular complexity index is 1000. The number of nitrogens with one attached hydrogen (secondary N) is 1. The molecule has 148 valence electrons. The van der Waals surface area contributed by atoms with Crippen molar-refractivity contribution in [2.75, 3.05) is 6.61 Å². The number of halogens is 2. The molecule has 6 heteroatoms.